The van der Waals surface area contributed by atoms with Gasteiger partial charge in [0.05, 0.1) is 11.1 Å². The molecular formula is C20H14ClF2NO3. The van der Waals surface area contributed by atoms with E-state index in [0.717, 1.165) is 12.1 Å². The van der Waals surface area contributed by atoms with Crippen LogP contribution in [0.25, 0.3) is 0 Å². The van der Waals surface area contributed by atoms with Crippen LogP contribution in [0.4, 0.5) is 8.78 Å². The molecule has 27 heavy (non-hydrogen) atoms. The lowest BCUT2D eigenvalue weighted by molar-refractivity contribution is 0.0696. The maximum absolute atomic E-state index is 13.8. The Morgan fingerprint density at radius 1 is 1.11 bits per heavy atom. The van der Waals surface area contributed by atoms with E-state index < -0.39 is 17.6 Å². The summed E-state index contributed by atoms with van der Waals surface area (Å²) in [5.41, 5.74) is 1.17. The highest BCUT2D eigenvalue weighted by Crippen LogP contribution is 2.27. The Labute approximate surface area is 159 Å². The summed E-state index contributed by atoms with van der Waals surface area (Å²) < 4.78 is 33.2. The molecule has 0 amide bonds. The van der Waals surface area contributed by atoms with Crippen LogP contribution in [-0.2, 0) is 13.0 Å². The SMILES string of the molecule is O=C(O)c1cncc(Cc2cc(Cl)ccc2OCc2c(F)cccc2F)c1. The van der Waals surface area contributed by atoms with Crippen LogP contribution in [0.2, 0.25) is 5.02 Å². The Balaban J connectivity index is 1.85. The third-order valence-electron chi connectivity index (χ3n) is 3.89. The summed E-state index contributed by atoms with van der Waals surface area (Å²) in [6.07, 6.45) is 3.08. The van der Waals surface area contributed by atoms with Crippen LogP contribution in [0.5, 0.6) is 5.75 Å². The molecule has 138 valence electrons. The number of ether oxygens (including phenoxy) is 1. The molecule has 0 aliphatic carbocycles. The van der Waals surface area contributed by atoms with E-state index in [0.29, 0.717) is 28.3 Å². The van der Waals surface area contributed by atoms with Crippen molar-refractivity contribution in [1.29, 1.82) is 0 Å². The zero-order valence-corrected chi connectivity index (χ0v) is 14.7. The fourth-order valence-corrected chi connectivity index (χ4v) is 2.76. The van der Waals surface area contributed by atoms with E-state index >= 15 is 0 Å². The molecule has 0 radical (unpaired) electrons. The molecule has 3 aromatic rings. The summed E-state index contributed by atoms with van der Waals surface area (Å²) in [6.45, 7) is -0.291. The zero-order chi connectivity index (χ0) is 19.4. The Kier molecular flexibility index (Phi) is 5.66. The fourth-order valence-electron chi connectivity index (χ4n) is 2.57. The van der Waals surface area contributed by atoms with Crippen molar-refractivity contribution in [1.82, 2.24) is 4.98 Å². The average Bonchev–Trinajstić information content (AvgIpc) is 2.63. The minimum absolute atomic E-state index is 0.0606. The molecule has 0 atom stereocenters. The Hall–Kier alpha value is -2.99. The molecule has 0 unspecified atom stereocenters. The minimum Gasteiger partial charge on any atom is -0.488 e. The standard InChI is InChI=1S/C20H14ClF2NO3/c21-15-4-5-19(27-11-16-17(22)2-1-3-18(16)23)13(8-15)6-12-7-14(20(25)26)10-24-9-12/h1-5,7-10H,6,11H2,(H,25,26). The van der Waals surface area contributed by atoms with Gasteiger partial charge in [-0.15, -0.1) is 0 Å². The highest BCUT2D eigenvalue weighted by Gasteiger charge is 2.13. The van der Waals surface area contributed by atoms with Crippen LogP contribution in [0.15, 0.2) is 54.9 Å². The van der Waals surface area contributed by atoms with Crippen molar-refractivity contribution in [2.24, 2.45) is 0 Å². The van der Waals surface area contributed by atoms with Gasteiger partial charge in [-0.05, 0) is 42.0 Å². The normalized spacial score (nSPS) is 10.6. The molecule has 7 heteroatoms. The maximum Gasteiger partial charge on any atom is 0.337 e. The molecule has 1 heterocycles. The number of aromatic nitrogens is 1. The number of rotatable bonds is 6. The largest absolute Gasteiger partial charge is 0.488 e. The number of pyridine rings is 1. The van der Waals surface area contributed by atoms with Gasteiger partial charge < -0.3 is 9.84 Å². The first-order valence-electron chi connectivity index (χ1n) is 7.95. The van der Waals surface area contributed by atoms with Crippen molar-refractivity contribution in [2.45, 2.75) is 13.0 Å². The minimum atomic E-state index is -1.08. The molecular weight excluding hydrogens is 376 g/mol. The molecule has 1 N–H and O–H groups in total. The van der Waals surface area contributed by atoms with Crippen LogP contribution in [0.3, 0.4) is 0 Å². The molecule has 0 saturated heterocycles. The van der Waals surface area contributed by atoms with Gasteiger partial charge in [0, 0.05) is 29.4 Å². The molecule has 3 rings (SSSR count). The molecule has 0 aliphatic heterocycles. The molecule has 2 aromatic carbocycles. The highest BCUT2D eigenvalue weighted by atomic mass is 35.5. The summed E-state index contributed by atoms with van der Waals surface area (Å²) in [6, 6.07) is 9.96. The lowest BCUT2D eigenvalue weighted by Gasteiger charge is -2.13. The third-order valence-corrected chi connectivity index (χ3v) is 4.13. The first kappa shape index (κ1) is 18.8. The Bertz CT molecular complexity index is 974. The van der Waals surface area contributed by atoms with Crippen molar-refractivity contribution >= 4 is 17.6 Å². The van der Waals surface area contributed by atoms with Crippen molar-refractivity contribution in [3.63, 3.8) is 0 Å². The number of halogens is 3. The predicted molar refractivity (Wildman–Crippen MR) is 96.1 cm³/mol. The third kappa shape index (κ3) is 4.60. The Morgan fingerprint density at radius 3 is 2.56 bits per heavy atom. The molecule has 0 fully saturated rings. The van der Waals surface area contributed by atoms with Crippen molar-refractivity contribution in [2.75, 3.05) is 0 Å². The van der Waals surface area contributed by atoms with E-state index in [2.05, 4.69) is 4.98 Å². The number of hydrogen-bond donors (Lipinski definition) is 1. The van der Waals surface area contributed by atoms with Gasteiger partial charge >= 0.3 is 5.97 Å². The second-order valence-corrected chi connectivity index (χ2v) is 6.24. The lowest BCUT2D eigenvalue weighted by atomic mass is 10.0. The zero-order valence-electron chi connectivity index (χ0n) is 14.0. The monoisotopic (exact) mass is 389 g/mol. The predicted octanol–water partition coefficient (Wildman–Crippen LogP) is 4.88. The van der Waals surface area contributed by atoms with Crippen molar-refractivity contribution in [3.8, 4) is 5.75 Å². The van der Waals surface area contributed by atoms with Gasteiger partial charge in [-0.25, -0.2) is 13.6 Å². The highest BCUT2D eigenvalue weighted by molar-refractivity contribution is 6.30. The molecule has 1 aromatic heterocycles. The topological polar surface area (TPSA) is 59.4 Å². The van der Waals surface area contributed by atoms with Crippen LogP contribution in [-0.4, -0.2) is 16.1 Å². The van der Waals surface area contributed by atoms with Crippen LogP contribution in [0.1, 0.15) is 27.0 Å². The van der Waals surface area contributed by atoms with Gasteiger partial charge in [0.25, 0.3) is 0 Å². The number of hydrogen-bond acceptors (Lipinski definition) is 3. The lowest BCUT2D eigenvalue weighted by Crippen LogP contribution is -2.04. The number of carboxylic acids is 1. The summed E-state index contributed by atoms with van der Waals surface area (Å²) in [5.74, 6) is -2.07. The molecule has 0 aliphatic rings. The van der Waals surface area contributed by atoms with E-state index in [4.69, 9.17) is 21.4 Å². The number of aromatic carboxylic acids is 1. The van der Waals surface area contributed by atoms with E-state index in [1.54, 1.807) is 18.2 Å². The quantitative estimate of drug-likeness (QED) is 0.652. The first-order valence-corrected chi connectivity index (χ1v) is 8.33. The van der Waals surface area contributed by atoms with Crippen LogP contribution < -0.4 is 4.74 Å². The fraction of sp³-hybridized carbons (Fsp3) is 0.100. The van der Waals surface area contributed by atoms with Crippen LogP contribution in [0, 0.1) is 11.6 Å². The molecule has 0 spiro atoms. The molecule has 0 saturated carbocycles. The first-order chi connectivity index (χ1) is 12.9. The average molecular weight is 390 g/mol. The van der Waals surface area contributed by atoms with Crippen molar-refractivity contribution < 1.29 is 23.4 Å². The summed E-state index contributed by atoms with van der Waals surface area (Å²) >= 11 is 6.05. The van der Waals surface area contributed by atoms with Gasteiger partial charge in [-0.3, -0.25) is 4.98 Å². The van der Waals surface area contributed by atoms with Gasteiger partial charge in [-0.1, -0.05) is 17.7 Å². The summed E-state index contributed by atoms with van der Waals surface area (Å²) in [4.78, 5) is 15.0. The van der Waals surface area contributed by atoms with Gasteiger partial charge in [0.15, 0.2) is 0 Å². The van der Waals surface area contributed by atoms with Crippen LogP contribution >= 0.6 is 11.6 Å². The molecule has 4 nitrogen and oxygen atoms in total. The second kappa shape index (κ2) is 8.14. The number of carboxylic acid groups (broad SMARTS) is 1. The number of nitrogens with zero attached hydrogens (tertiary/aromatic N) is 1. The van der Waals surface area contributed by atoms with E-state index in [1.807, 2.05) is 0 Å². The van der Waals surface area contributed by atoms with Gasteiger partial charge in [0.2, 0.25) is 0 Å². The Morgan fingerprint density at radius 2 is 1.85 bits per heavy atom. The van der Waals surface area contributed by atoms with E-state index in [-0.39, 0.29) is 17.7 Å². The number of benzene rings is 2. The second-order valence-electron chi connectivity index (χ2n) is 5.80. The van der Waals surface area contributed by atoms with E-state index in [9.17, 15) is 13.6 Å². The van der Waals surface area contributed by atoms with Gasteiger partial charge in [0.1, 0.15) is 24.0 Å². The summed E-state index contributed by atoms with van der Waals surface area (Å²) in [7, 11) is 0. The van der Waals surface area contributed by atoms with E-state index in [1.165, 1.54) is 24.5 Å². The smallest absolute Gasteiger partial charge is 0.337 e. The van der Waals surface area contributed by atoms with Crippen molar-refractivity contribution in [3.05, 3.63) is 93.8 Å². The van der Waals surface area contributed by atoms with Gasteiger partial charge in [-0.2, -0.15) is 0 Å². The number of carbonyl (C=O) groups is 1. The summed E-state index contributed by atoms with van der Waals surface area (Å²) in [5, 5.41) is 9.53. The molecule has 0 bridgehead atoms. The maximum atomic E-state index is 13.8.